The topological polar surface area (TPSA) is 71.8 Å². The number of benzene rings is 2. The first-order chi connectivity index (χ1) is 16.2. The highest BCUT2D eigenvalue weighted by atomic mass is 16.5. The Hall–Kier alpha value is -3.87. The summed E-state index contributed by atoms with van der Waals surface area (Å²) in [5.74, 6) is 1.61. The van der Waals surface area contributed by atoms with Gasteiger partial charge in [-0.3, -0.25) is 4.79 Å². The third-order valence-corrected chi connectivity index (χ3v) is 6.04. The fourth-order valence-corrected chi connectivity index (χ4v) is 4.30. The second-order valence-electron chi connectivity index (χ2n) is 8.21. The average Bonchev–Trinajstić information content (AvgIpc) is 3.32. The summed E-state index contributed by atoms with van der Waals surface area (Å²) in [6.45, 7) is 2.45. The Morgan fingerprint density at radius 3 is 2.48 bits per heavy atom. The smallest absolute Gasteiger partial charge is 0.256 e. The molecule has 2 aromatic heterocycles. The van der Waals surface area contributed by atoms with Crippen LogP contribution in [0.3, 0.4) is 0 Å². The van der Waals surface area contributed by atoms with Gasteiger partial charge in [0.2, 0.25) is 0 Å². The number of aromatic nitrogens is 3. The van der Waals surface area contributed by atoms with Gasteiger partial charge in [0.05, 0.1) is 6.20 Å². The van der Waals surface area contributed by atoms with E-state index in [9.17, 15) is 4.79 Å². The van der Waals surface area contributed by atoms with E-state index in [4.69, 9.17) is 4.74 Å². The largest absolute Gasteiger partial charge is 0.489 e. The van der Waals surface area contributed by atoms with E-state index in [1.165, 1.54) is 6.42 Å². The molecule has 0 spiro atoms. The van der Waals surface area contributed by atoms with E-state index >= 15 is 0 Å². The van der Waals surface area contributed by atoms with Gasteiger partial charge in [0.15, 0.2) is 5.65 Å². The number of anilines is 1. The van der Waals surface area contributed by atoms with Crippen molar-refractivity contribution in [3.8, 4) is 16.9 Å². The van der Waals surface area contributed by atoms with Gasteiger partial charge in [0, 0.05) is 31.9 Å². The molecule has 5 rings (SSSR count). The fraction of sp³-hybridized carbons (Fsp3) is 0.269. The molecule has 7 heteroatoms. The summed E-state index contributed by atoms with van der Waals surface area (Å²) in [5.41, 5.74) is 4.21. The second-order valence-corrected chi connectivity index (χ2v) is 8.21. The fourth-order valence-electron chi connectivity index (χ4n) is 4.30. The van der Waals surface area contributed by atoms with Crippen LogP contribution in [0.5, 0.6) is 5.75 Å². The average molecular weight is 442 g/mol. The number of carbonyl (C=O) groups is 1. The molecule has 4 aromatic rings. The van der Waals surface area contributed by atoms with Gasteiger partial charge in [-0.05, 0) is 42.5 Å². The Kier molecular flexibility index (Phi) is 5.93. The number of fused-ring (bicyclic) bond motifs is 1. The minimum Gasteiger partial charge on any atom is -0.489 e. The predicted octanol–water partition coefficient (Wildman–Crippen LogP) is 4.33. The lowest BCUT2D eigenvalue weighted by Crippen LogP contribution is -2.32. The normalized spacial score (nSPS) is 13.8. The minimum atomic E-state index is -0.185. The molecule has 0 bridgehead atoms. The van der Waals surface area contributed by atoms with Gasteiger partial charge in [0.25, 0.3) is 5.91 Å². The summed E-state index contributed by atoms with van der Waals surface area (Å²) in [6.07, 6.45) is 6.96. The molecule has 0 radical (unpaired) electrons. The molecule has 3 heterocycles. The first-order valence-electron chi connectivity index (χ1n) is 11.4. The lowest BCUT2D eigenvalue weighted by atomic mass is 10.1. The van der Waals surface area contributed by atoms with Crippen molar-refractivity contribution in [2.24, 2.45) is 0 Å². The maximum absolute atomic E-state index is 12.3. The molecular weight excluding hydrogens is 414 g/mol. The molecule has 0 atom stereocenters. The lowest BCUT2D eigenvalue weighted by Gasteiger charge is -2.30. The van der Waals surface area contributed by atoms with E-state index in [0.29, 0.717) is 17.8 Å². The van der Waals surface area contributed by atoms with Crippen LogP contribution < -0.4 is 15.0 Å². The molecule has 2 aromatic carbocycles. The highest BCUT2D eigenvalue weighted by molar-refractivity contribution is 6.00. The molecule has 1 fully saturated rings. The van der Waals surface area contributed by atoms with Crippen molar-refractivity contribution in [2.45, 2.75) is 25.9 Å². The van der Waals surface area contributed by atoms with E-state index in [0.717, 1.165) is 54.2 Å². The number of piperidine rings is 1. The quantitative estimate of drug-likeness (QED) is 0.482. The van der Waals surface area contributed by atoms with Crippen molar-refractivity contribution in [1.29, 1.82) is 0 Å². The zero-order chi connectivity index (χ0) is 22.6. The van der Waals surface area contributed by atoms with Crippen LogP contribution in [0.4, 0.5) is 5.82 Å². The first-order valence-corrected chi connectivity index (χ1v) is 11.4. The highest BCUT2D eigenvalue weighted by Crippen LogP contribution is 2.34. The molecule has 1 saturated heterocycles. The number of carbonyl (C=O) groups excluding carboxylic acids is 1. The number of ether oxygens (including phenoxy) is 1. The van der Waals surface area contributed by atoms with E-state index in [1.807, 2.05) is 41.0 Å². The Bertz CT molecular complexity index is 1250. The van der Waals surface area contributed by atoms with E-state index in [2.05, 4.69) is 44.6 Å². The second kappa shape index (κ2) is 9.32. The van der Waals surface area contributed by atoms with Gasteiger partial charge in [0.1, 0.15) is 23.7 Å². The molecular formula is C26H27N5O2. The molecule has 1 amide bonds. The standard InChI is InChI=1S/C26H27N5O2/c1-27-25(32)23-17-29-31-24(23)28-16-22(26(31)30-14-6-3-7-15-30)20-10-12-21(13-11-20)33-18-19-8-4-2-5-9-19/h2,4-5,8-13,16-17H,3,6-7,14-15,18H2,1H3,(H,27,32). The van der Waals surface area contributed by atoms with Crippen molar-refractivity contribution in [3.05, 3.63) is 78.1 Å². The van der Waals surface area contributed by atoms with Gasteiger partial charge in [-0.1, -0.05) is 42.5 Å². The van der Waals surface area contributed by atoms with E-state index < -0.39 is 0 Å². The van der Waals surface area contributed by atoms with Gasteiger partial charge in [-0.2, -0.15) is 9.61 Å². The molecule has 0 saturated carbocycles. The first kappa shape index (κ1) is 21.0. The van der Waals surface area contributed by atoms with Crippen LogP contribution in [0.25, 0.3) is 16.8 Å². The number of rotatable bonds is 6. The van der Waals surface area contributed by atoms with Crippen LogP contribution in [0, 0.1) is 0 Å². The van der Waals surface area contributed by atoms with Crippen molar-refractivity contribution < 1.29 is 9.53 Å². The van der Waals surface area contributed by atoms with E-state index in [-0.39, 0.29) is 5.91 Å². The van der Waals surface area contributed by atoms with Crippen LogP contribution >= 0.6 is 0 Å². The van der Waals surface area contributed by atoms with Gasteiger partial charge in [-0.15, -0.1) is 0 Å². The zero-order valence-corrected chi connectivity index (χ0v) is 18.7. The van der Waals surface area contributed by atoms with Crippen LogP contribution in [0.15, 0.2) is 67.0 Å². The Labute approximate surface area is 193 Å². The molecule has 1 aliphatic rings. The maximum atomic E-state index is 12.3. The molecule has 0 unspecified atom stereocenters. The van der Waals surface area contributed by atoms with Crippen molar-refractivity contribution >= 4 is 17.4 Å². The van der Waals surface area contributed by atoms with Crippen LogP contribution in [0.2, 0.25) is 0 Å². The Balaban J connectivity index is 1.49. The third kappa shape index (κ3) is 4.26. The molecule has 7 nitrogen and oxygen atoms in total. The number of nitrogens with one attached hydrogen (secondary N) is 1. The summed E-state index contributed by atoms with van der Waals surface area (Å²) < 4.78 is 7.76. The summed E-state index contributed by atoms with van der Waals surface area (Å²) in [4.78, 5) is 19.3. The van der Waals surface area contributed by atoms with Crippen molar-refractivity contribution in [1.82, 2.24) is 19.9 Å². The molecule has 33 heavy (non-hydrogen) atoms. The SMILES string of the molecule is CNC(=O)c1cnn2c(N3CCCCC3)c(-c3ccc(OCc4ccccc4)cc3)cnc12. The maximum Gasteiger partial charge on any atom is 0.256 e. The number of nitrogens with zero attached hydrogens (tertiary/aromatic N) is 4. The van der Waals surface area contributed by atoms with Crippen LogP contribution in [-0.4, -0.2) is 40.6 Å². The summed E-state index contributed by atoms with van der Waals surface area (Å²) in [6, 6.07) is 18.2. The summed E-state index contributed by atoms with van der Waals surface area (Å²) >= 11 is 0. The number of hydrogen-bond donors (Lipinski definition) is 1. The molecule has 168 valence electrons. The molecule has 0 aliphatic carbocycles. The zero-order valence-electron chi connectivity index (χ0n) is 18.7. The van der Waals surface area contributed by atoms with Crippen LogP contribution in [-0.2, 0) is 6.61 Å². The highest BCUT2D eigenvalue weighted by Gasteiger charge is 2.23. The predicted molar refractivity (Wildman–Crippen MR) is 129 cm³/mol. The van der Waals surface area contributed by atoms with Gasteiger partial charge in [-0.25, -0.2) is 4.98 Å². The number of hydrogen-bond acceptors (Lipinski definition) is 5. The minimum absolute atomic E-state index is 0.185. The van der Waals surface area contributed by atoms with Gasteiger partial charge >= 0.3 is 0 Å². The third-order valence-electron chi connectivity index (χ3n) is 6.04. The lowest BCUT2D eigenvalue weighted by molar-refractivity contribution is 0.0964. The summed E-state index contributed by atoms with van der Waals surface area (Å²) in [5, 5.41) is 7.23. The Morgan fingerprint density at radius 2 is 1.76 bits per heavy atom. The van der Waals surface area contributed by atoms with Crippen molar-refractivity contribution in [2.75, 3.05) is 25.0 Å². The summed E-state index contributed by atoms with van der Waals surface area (Å²) in [7, 11) is 1.62. The van der Waals surface area contributed by atoms with Crippen molar-refractivity contribution in [3.63, 3.8) is 0 Å². The monoisotopic (exact) mass is 441 g/mol. The molecule has 1 N–H and O–H groups in total. The molecule has 1 aliphatic heterocycles. The van der Waals surface area contributed by atoms with Crippen LogP contribution in [0.1, 0.15) is 35.2 Å². The van der Waals surface area contributed by atoms with E-state index in [1.54, 1.807) is 13.2 Å². The number of amides is 1. The Morgan fingerprint density at radius 1 is 1.00 bits per heavy atom. The van der Waals surface area contributed by atoms with Gasteiger partial charge < -0.3 is 15.0 Å².